The Balaban J connectivity index is 1.18. The Morgan fingerprint density at radius 1 is 1.21 bits per heavy atom. The predicted octanol–water partition coefficient (Wildman–Crippen LogP) is 4.41. The van der Waals surface area contributed by atoms with Crippen molar-refractivity contribution < 1.29 is 38.1 Å². The summed E-state index contributed by atoms with van der Waals surface area (Å²) in [5, 5.41) is 4.81. The fraction of sp³-hybridized carbons (Fsp3) is 0.567. The van der Waals surface area contributed by atoms with Gasteiger partial charge in [0.05, 0.1) is 12.3 Å². The first-order valence-corrected chi connectivity index (χ1v) is 15.2. The van der Waals surface area contributed by atoms with Gasteiger partial charge in [-0.1, -0.05) is 44.2 Å². The number of anilines is 1. The van der Waals surface area contributed by atoms with Gasteiger partial charge in [-0.15, -0.1) is 11.3 Å². The lowest BCUT2D eigenvalue weighted by atomic mass is 9.78. The molecule has 0 aliphatic carbocycles. The second kappa shape index (κ2) is 12.4. The number of nitrogens with one attached hydrogen (secondary N) is 1. The van der Waals surface area contributed by atoms with E-state index in [2.05, 4.69) is 24.1 Å². The summed E-state index contributed by atoms with van der Waals surface area (Å²) in [7, 11) is 0. The third kappa shape index (κ3) is 6.29. The van der Waals surface area contributed by atoms with Crippen LogP contribution >= 0.6 is 11.3 Å². The number of esters is 2. The number of carbonyl (C=O) groups excluding carboxylic acids is 4. The van der Waals surface area contributed by atoms with Crippen LogP contribution in [0.2, 0.25) is 0 Å². The maximum absolute atomic E-state index is 13.1. The largest absolute Gasteiger partial charge is 0.459 e. The van der Waals surface area contributed by atoms with E-state index in [-0.39, 0.29) is 32.0 Å². The smallest absolute Gasteiger partial charge is 0.410 e. The van der Waals surface area contributed by atoms with Crippen LogP contribution in [0.3, 0.4) is 0 Å². The third-order valence-corrected chi connectivity index (χ3v) is 8.76. The Labute approximate surface area is 248 Å². The maximum atomic E-state index is 13.1. The van der Waals surface area contributed by atoms with Gasteiger partial charge in [0.1, 0.15) is 18.8 Å². The minimum Gasteiger partial charge on any atom is -0.459 e. The monoisotopic (exact) mass is 599 g/mol. The normalized spacial score (nSPS) is 27.0. The third-order valence-electron chi connectivity index (χ3n) is 8.00. The van der Waals surface area contributed by atoms with Crippen molar-refractivity contribution in [1.82, 2.24) is 9.88 Å². The molecule has 4 heterocycles. The molecule has 42 heavy (non-hydrogen) atoms. The lowest BCUT2D eigenvalue weighted by molar-refractivity contribution is -0.160. The molecule has 11 nitrogen and oxygen atoms in total. The number of amides is 2. The molecule has 12 heteroatoms. The minimum atomic E-state index is -1.40. The van der Waals surface area contributed by atoms with E-state index < -0.39 is 41.2 Å². The average molecular weight is 600 g/mol. The Kier molecular flexibility index (Phi) is 8.84. The number of likely N-dealkylation sites (tertiary alicyclic amines) is 1. The van der Waals surface area contributed by atoms with Crippen LogP contribution in [0.1, 0.15) is 64.1 Å². The van der Waals surface area contributed by atoms with Crippen molar-refractivity contribution in [2.75, 3.05) is 25.1 Å². The Morgan fingerprint density at radius 3 is 2.76 bits per heavy atom. The molecule has 3 aliphatic rings. The fourth-order valence-corrected chi connectivity index (χ4v) is 6.50. The van der Waals surface area contributed by atoms with Crippen molar-refractivity contribution >= 4 is 40.4 Å². The van der Waals surface area contributed by atoms with Gasteiger partial charge in [0.2, 0.25) is 5.91 Å². The van der Waals surface area contributed by atoms with Gasteiger partial charge in [-0.3, -0.25) is 19.3 Å². The standard InChI is InChI=1S/C30H37N3O8S/c1-19(2)11-13-38-16-21-14-30(25(35)40-21)18-29(3,41-26(30)36)23-17-42-27(31-23)32-24(34)22-10-7-12-33(22)28(37)39-15-20-8-5-4-6-9-20/h4-6,8-9,17,19,21-22H,7,10-16,18H2,1-3H3,(H,31,32,34)/t21?,22-,29?,30?/m0/s1. The lowest BCUT2D eigenvalue weighted by Crippen LogP contribution is -2.43. The number of benzene rings is 1. The highest BCUT2D eigenvalue weighted by Gasteiger charge is 2.65. The molecule has 226 valence electrons. The highest BCUT2D eigenvalue weighted by Crippen LogP contribution is 2.52. The Bertz CT molecular complexity index is 1320. The highest BCUT2D eigenvalue weighted by molar-refractivity contribution is 7.14. The Hall–Kier alpha value is -3.51. The van der Waals surface area contributed by atoms with E-state index in [0.717, 1.165) is 12.0 Å². The molecule has 0 saturated carbocycles. The summed E-state index contributed by atoms with van der Waals surface area (Å²) >= 11 is 1.18. The zero-order valence-corrected chi connectivity index (χ0v) is 24.9. The van der Waals surface area contributed by atoms with Gasteiger partial charge in [0, 0.05) is 31.4 Å². The molecule has 2 amide bonds. The minimum absolute atomic E-state index is 0.0843. The van der Waals surface area contributed by atoms with Crippen molar-refractivity contribution in [3.8, 4) is 0 Å². The van der Waals surface area contributed by atoms with Crippen molar-refractivity contribution in [3.63, 3.8) is 0 Å². The van der Waals surface area contributed by atoms with Crippen molar-refractivity contribution in [2.24, 2.45) is 11.3 Å². The lowest BCUT2D eigenvalue weighted by Gasteiger charge is -2.23. The van der Waals surface area contributed by atoms with Crippen LogP contribution in [-0.2, 0) is 45.5 Å². The first kappa shape index (κ1) is 30.0. The molecule has 3 aliphatic heterocycles. The van der Waals surface area contributed by atoms with Crippen LogP contribution in [0.5, 0.6) is 0 Å². The van der Waals surface area contributed by atoms with Crippen LogP contribution in [0.25, 0.3) is 0 Å². The maximum Gasteiger partial charge on any atom is 0.410 e. The number of nitrogens with zero attached hydrogens (tertiary/aromatic N) is 2. The first-order valence-electron chi connectivity index (χ1n) is 14.4. The molecular weight excluding hydrogens is 562 g/mol. The first-order chi connectivity index (χ1) is 20.1. The van der Waals surface area contributed by atoms with Gasteiger partial charge in [-0.2, -0.15) is 0 Å². The molecule has 3 fully saturated rings. The van der Waals surface area contributed by atoms with Gasteiger partial charge in [-0.25, -0.2) is 9.78 Å². The molecule has 1 aromatic heterocycles. The molecule has 1 aromatic carbocycles. The topological polar surface area (TPSA) is 133 Å². The number of cyclic esters (lactones) is 2. The number of thiazole rings is 1. The zero-order valence-electron chi connectivity index (χ0n) is 24.1. The molecule has 5 rings (SSSR count). The van der Waals surface area contributed by atoms with Crippen LogP contribution in [0.15, 0.2) is 35.7 Å². The van der Waals surface area contributed by atoms with Crippen molar-refractivity contribution in [3.05, 3.63) is 47.0 Å². The van der Waals surface area contributed by atoms with E-state index in [0.29, 0.717) is 42.7 Å². The van der Waals surface area contributed by atoms with Gasteiger partial charge in [0.25, 0.3) is 0 Å². The molecule has 3 unspecified atom stereocenters. The quantitative estimate of drug-likeness (QED) is 0.182. The van der Waals surface area contributed by atoms with Crippen LogP contribution < -0.4 is 5.32 Å². The summed E-state index contributed by atoms with van der Waals surface area (Å²) in [5.74, 6) is -1.10. The summed E-state index contributed by atoms with van der Waals surface area (Å²) in [6, 6.07) is 8.66. The van der Waals surface area contributed by atoms with E-state index in [1.54, 1.807) is 12.3 Å². The number of hydrogen-bond acceptors (Lipinski definition) is 10. The molecule has 1 spiro atoms. The second-order valence-electron chi connectivity index (χ2n) is 11.8. The van der Waals surface area contributed by atoms with Gasteiger partial charge in [0.15, 0.2) is 16.1 Å². The van der Waals surface area contributed by atoms with Gasteiger partial charge < -0.3 is 24.3 Å². The predicted molar refractivity (Wildman–Crippen MR) is 152 cm³/mol. The molecule has 3 saturated heterocycles. The van der Waals surface area contributed by atoms with Gasteiger partial charge in [-0.05, 0) is 37.7 Å². The van der Waals surface area contributed by atoms with Crippen molar-refractivity contribution in [2.45, 2.75) is 77.2 Å². The SMILES string of the molecule is CC(C)CCOCC1CC2(CC(C)(c3csc(NC(=O)[C@@H]4CCCN4C(=O)OCc4ccccc4)n3)OC2=O)C(=O)O1. The molecule has 0 bridgehead atoms. The summed E-state index contributed by atoms with van der Waals surface area (Å²) in [6.07, 6.45) is 1.29. The van der Waals surface area contributed by atoms with E-state index in [9.17, 15) is 19.2 Å². The highest BCUT2D eigenvalue weighted by atomic mass is 32.1. The molecular formula is C30H37N3O8S. The summed E-state index contributed by atoms with van der Waals surface area (Å²) in [5.41, 5.74) is -1.27. The number of aromatic nitrogens is 1. The fourth-order valence-electron chi connectivity index (χ4n) is 5.67. The Morgan fingerprint density at radius 2 is 2.00 bits per heavy atom. The molecule has 1 N–H and O–H groups in total. The number of carbonyl (C=O) groups is 4. The summed E-state index contributed by atoms with van der Waals surface area (Å²) < 4.78 is 22.4. The van der Waals surface area contributed by atoms with Crippen LogP contribution in [0.4, 0.5) is 9.93 Å². The zero-order chi connectivity index (χ0) is 29.9. The number of rotatable bonds is 10. The number of hydrogen-bond donors (Lipinski definition) is 1. The van der Waals surface area contributed by atoms with Crippen LogP contribution in [0, 0.1) is 11.3 Å². The van der Waals surface area contributed by atoms with E-state index in [1.807, 2.05) is 30.3 Å². The van der Waals surface area contributed by atoms with Crippen LogP contribution in [-0.4, -0.2) is 65.7 Å². The van der Waals surface area contributed by atoms with E-state index in [4.69, 9.17) is 18.9 Å². The van der Waals surface area contributed by atoms with Crippen molar-refractivity contribution in [1.29, 1.82) is 0 Å². The summed E-state index contributed by atoms with van der Waals surface area (Å²) in [4.78, 5) is 57.8. The number of ether oxygens (including phenoxy) is 4. The summed E-state index contributed by atoms with van der Waals surface area (Å²) in [6.45, 7) is 7.25. The second-order valence-corrected chi connectivity index (χ2v) is 12.6. The molecule has 0 radical (unpaired) electrons. The van der Waals surface area contributed by atoms with E-state index >= 15 is 0 Å². The van der Waals surface area contributed by atoms with Gasteiger partial charge >= 0.3 is 18.0 Å². The molecule has 4 atom stereocenters. The molecule has 2 aromatic rings. The average Bonchev–Trinajstić information content (AvgIpc) is 3.74. The van der Waals surface area contributed by atoms with E-state index in [1.165, 1.54) is 16.2 Å².